The van der Waals surface area contributed by atoms with Gasteiger partial charge in [-0.05, 0) is 82.3 Å². The fraction of sp³-hybridized carbons (Fsp3) is 0.658. The number of nitrogens with zero attached hydrogens (tertiary/aromatic N) is 2. The van der Waals surface area contributed by atoms with Crippen molar-refractivity contribution in [3.63, 3.8) is 0 Å². The Morgan fingerprint density at radius 1 is 1.04 bits per heavy atom. The van der Waals surface area contributed by atoms with Crippen molar-refractivity contribution in [3.05, 3.63) is 58.7 Å². The van der Waals surface area contributed by atoms with Crippen LogP contribution in [0.15, 0.2) is 36.4 Å². The Balaban J connectivity index is 1.60. The Hall–Kier alpha value is -2.93. The van der Waals surface area contributed by atoms with Crippen LogP contribution in [0.2, 0.25) is 0 Å². The van der Waals surface area contributed by atoms with Crippen LogP contribution < -0.4 is 9.64 Å². The standard InChI is InChI=1S/C38H58N2O9/c1-8-44-27-31-21-29(25-45-24-28(3)46-9-2)11-13-32(31)38(42)15-17-40(36(41)49-37(4,5)6)23-35(38)48-26-30-12-14-34-33(22-30)39(18-20-47-34)16-10-19-43-7/h11-14,21-22,28,35,42H,8-10,15-20,23-27H2,1-7H3/t28?,35-,38-/m0/s1. The number of benzene rings is 2. The molecule has 0 aromatic heterocycles. The summed E-state index contributed by atoms with van der Waals surface area (Å²) in [6.07, 6.45) is 0.0104. The van der Waals surface area contributed by atoms with Crippen molar-refractivity contribution in [1.82, 2.24) is 4.90 Å². The maximum atomic E-state index is 13.2. The van der Waals surface area contributed by atoms with E-state index in [1.165, 1.54) is 0 Å². The van der Waals surface area contributed by atoms with E-state index in [2.05, 4.69) is 11.0 Å². The van der Waals surface area contributed by atoms with Gasteiger partial charge in [0, 0.05) is 46.4 Å². The SMILES string of the molecule is CCOCc1cc(COCC(C)OCC)ccc1[C@@]1(O)CCN(C(=O)OC(C)(C)C)C[C@@H]1OCc1ccc2c(c1)N(CCCOC)CCO2. The molecule has 49 heavy (non-hydrogen) atoms. The number of carbonyl (C=O) groups is 1. The number of rotatable bonds is 17. The van der Waals surface area contributed by atoms with Crippen LogP contribution in [-0.4, -0.2) is 100 Å². The van der Waals surface area contributed by atoms with Gasteiger partial charge in [-0.15, -0.1) is 0 Å². The zero-order valence-electron chi connectivity index (χ0n) is 30.6. The molecule has 2 aliphatic heterocycles. The Bertz CT molecular complexity index is 1330. The molecular weight excluding hydrogens is 628 g/mol. The maximum Gasteiger partial charge on any atom is 0.410 e. The minimum atomic E-state index is -1.39. The first kappa shape index (κ1) is 38.9. The number of fused-ring (bicyclic) bond motifs is 1. The van der Waals surface area contributed by atoms with Crippen molar-refractivity contribution in [2.45, 2.75) is 97.6 Å². The monoisotopic (exact) mass is 686 g/mol. The van der Waals surface area contributed by atoms with Crippen LogP contribution in [0, 0.1) is 0 Å². The molecule has 11 heteroatoms. The normalized spacial score (nSPS) is 20.1. The third-order valence-corrected chi connectivity index (χ3v) is 8.71. The molecule has 2 aromatic rings. The van der Waals surface area contributed by atoms with Gasteiger partial charge in [-0.25, -0.2) is 4.79 Å². The van der Waals surface area contributed by atoms with E-state index in [1.54, 1.807) is 12.0 Å². The Kier molecular flexibility index (Phi) is 14.6. The van der Waals surface area contributed by atoms with Gasteiger partial charge in [0.15, 0.2) is 0 Å². The topological polar surface area (TPSA) is 108 Å². The highest BCUT2D eigenvalue weighted by Gasteiger charge is 2.47. The van der Waals surface area contributed by atoms with Crippen LogP contribution in [0.3, 0.4) is 0 Å². The van der Waals surface area contributed by atoms with E-state index in [9.17, 15) is 9.90 Å². The van der Waals surface area contributed by atoms with Gasteiger partial charge >= 0.3 is 6.09 Å². The molecule has 1 unspecified atom stereocenters. The number of likely N-dealkylation sites (tertiary alicyclic amines) is 1. The fourth-order valence-corrected chi connectivity index (χ4v) is 6.30. The molecule has 0 bridgehead atoms. The number of hydrogen-bond acceptors (Lipinski definition) is 10. The largest absolute Gasteiger partial charge is 0.490 e. The van der Waals surface area contributed by atoms with Gasteiger partial charge in [-0.3, -0.25) is 0 Å². The first-order valence-corrected chi connectivity index (χ1v) is 17.7. The predicted molar refractivity (Wildman–Crippen MR) is 188 cm³/mol. The summed E-state index contributed by atoms with van der Waals surface area (Å²) in [5.74, 6) is 0.842. The van der Waals surface area contributed by atoms with Gasteiger partial charge in [-0.1, -0.05) is 24.3 Å². The molecule has 3 atom stereocenters. The van der Waals surface area contributed by atoms with Crippen molar-refractivity contribution in [2.75, 3.05) is 71.2 Å². The smallest absolute Gasteiger partial charge is 0.410 e. The van der Waals surface area contributed by atoms with Gasteiger partial charge in [-0.2, -0.15) is 0 Å². The Morgan fingerprint density at radius 3 is 2.55 bits per heavy atom. The van der Waals surface area contributed by atoms with Crippen molar-refractivity contribution in [2.24, 2.45) is 0 Å². The molecule has 0 spiro atoms. The molecule has 0 aliphatic carbocycles. The van der Waals surface area contributed by atoms with Crippen molar-refractivity contribution in [1.29, 1.82) is 0 Å². The number of piperidine rings is 1. The minimum Gasteiger partial charge on any atom is -0.490 e. The van der Waals surface area contributed by atoms with E-state index in [4.69, 9.17) is 33.2 Å². The number of hydrogen-bond donors (Lipinski definition) is 1. The van der Waals surface area contributed by atoms with Crippen LogP contribution in [-0.2, 0) is 53.8 Å². The summed E-state index contributed by atoms with van der Waals surface area (Å²) in [6.45, 7) is 17.5. The fourth-order valence-electron chi connectivity index (χ4n) is 6.30. The molecule has 1 N–H and O–H groups in total. The van der Waals surface area contributed by atoms with E-state index < -0.39 is 23.4 Å². The second kappa shape index (κ2) is 18.3. The molecule has 2 heterocycles. The van der Waals surface area contributed by atoms with Gasteiger partial charge < -0.3 is 48.1 Å². The van der Waals surface area contributed by atoms with Crippen LogP contribution in [0.25, 0.3) is 0 Å². The summed E-state index contributed by atoms with van der Waals surface area (Å²) in [5.41, 5.74) is 2.48. The quantitative estimate of drug-likeness (QED) is 0.205. The average molecular weight is 687 g/mol. The molecule has 1 saturated heterocycles. The summed E-state index contributed by atoms with van der Waals surface area (Å²) < 4.78 is 41.0. The van der Waals surface area contributed by atoms with Gasteiger partial charge in [0.25, 0.3) is 0 Å². The first-order valence-electron chi connectivity index (χ1n) is 17.7. The highest BCUT2D eigenvalue weighted by Crippen LogP contribution is 2.39. The molecular formula is C38H58N2O9. The predicted octanol–water partition coefficient (Wildman–Crippen LogP) is 5.81. The lowest BCUT2D eigenvalue weighted by Crippen LogP contribution is -2.57. The lowest BCUT2D eigenvalue weighted by atomic mass is 9.79. The molecule has 4 rings (SSSR count). The van der Waals surface area contributed by atoms with Crippen LogP contribution in [0.4, 0.5) is 10.5 Å². The van der Waals surface area contributed by atoms with Gasteiger partial charge in [0.2, 0.25) is 0 Å². The Labute approximate surface area is 292 Å². The summed E-state index contributed by atoms with van der Waals surface area (Å²) in [7, 11) is 1.72. The van der Waals surface area contributed by atoms with Crippen molar-refractivity contribution >= 4 is 11.8 Å². The Morgan fingerprint density at radius 2 is 1.82 bits per heavy atom. The summed E-state index contributed by atoms with van der Waals surface area (Å²) in [4.78, 5) is 17.2. The third-order valence-electron chi connectivity index (χ3n) is 8.71. The summed E-state index contributed by atoms with van der Waals surface area (Å²) in [5, 5.41) is 12.6. The second-order valence-corrected chi connectivity index (χ2v) is 13.8. The lowest BCUT2D eigenvalue weighted by molar-refractivity contribution is -0.155. The zero-order chi connectivity index (χ0) is 35.4. The highest BCUT2D eigenvalue weighted by molar-refractivity contribution is 5.68. The second-order valence-electron chi connectivity index (χ2n) is 13.8. The van der Waals surface area contributed by atoms with Crippen molar-refractivity contribution in [3.8, 4) is 5.75 Å². The maximum absolute atomic E-state index is 13.2. The van der Waals surface area contributed by atoms with Crippen molar-refractivity contribution < 1.29 is 43.1 Å². The average Bonchev–Trinajstić information content (AvgIpc) is 3.06. The first-order chi connectivity index (χ1) is 23.5. The minimum absolute atomic E-state index is 0.00215. The molecule has 2 aliphatic rings. The van der Waals surface area contributed by atoms with Crippen LogP contribution in [0.1, 0.15) is 76.6 Å². The van der Waals surface area contributed by atoms with Gasteiger partial charge in [0.05, 0.1) is 51.3 Å². The molecule has 1 amide bonds. The molecule has 2 aromatic carbocycles. The number of ether oxygens (including phenoxy) is 7. The van der Waals surface area contributed by atoms with Crippen LogP contribution in [0.5, 0.6) is 5.75 Å². The molecule has 1 fully saturated rings. The van der Waals surface area contributed by atoms with E-state index >= 15 is 0 Å². The molecule has 274 valence electrons. The number of carbonyl (C=O) groups excluding carboxylic acids is 1. The number of aliphatic hydroxyl groups is 1. The number of methoxy groups -OCH3 is 1. The third kappa shape index (κ3) is 11.0. The van der Waals surface area contributed by atoms with Crippen LogP contribution >= 0.6 is 0 Å². The lowest BCUT2D eigenvalue weighted by Gasteiger charge is -2.45. The van der Waals surface area contributed by atoms with E-state index in [0.717, 1.165) is 53.2 Å². The summed E-state index contributed by atoms with van der Waals surface area (Å²) in [6, 6.07) is 12.0. The number of amides is 1. The van der Waals surface area contributed by atoms with E-state index in [0.29, 0.717) is 52.8 Å². The highest BCUT2D eigenvalue weighted by atomic mass is 16.6. The van der Waals surface area contributed by atoms with E-state index in [-0.39, 0.29) is 25.7 Å². The molecule has 0 radical (unpaired) electrons. The summed E-state index contributed by atoms with van der Waals surface area (Å²) >= 11 is 0. The zero-order valence-corrected chi connectivity index (χ0v) is 30.6. The molecule has 0 saturated carbocycles. The molecule has 11 nitrogen and oxygen atoms in total. The number of anilines is 1. The van der Waals surface area contributed by atoms with E-state index in [1.807, 2.05) is 71.9 Å². The van der Waals surface area contributed by atoms with Gasteiger partial charge in [0.1, 0.15) is 29.7 Å².